The van der Waals surface area contributed by atoms with Crippen LogP contribution in [0.2, 0.25) is 0 Å². The Balaban J connectivity index is 2.45. The van der Waals surface area contributed by atoms with Gasteiger partial charge in [-0.15, -0.1) is 11.3 Å². The monoisotopic (exact) mass is 328 g/mol. The number of nitrogens with one attached hydrogen (secondary N) is 2. The van der Waals surface area contributed by atoms with Crippen LogP contribution >= 0.6 is 23.1 Å². The molecular weight excluding hydrogens is 300 g/mol. The summed E-state index contributed by atoms with van der Waals surface area (Å²) in [5.41, 5.74) is 0. The van der Waals surface area contributed by atoms with Gasteiger partial charge in [-0.1, -0.05) is 6.92 Å². The van der Waals surface area contributed by atoms with E-state index in [9.17, 15) is 0 Å². The van der Waals surface area contributed by atoms with E-state index in [2.05, 4.69) is 54.6 Å². The minimum Gasteiger partial charge on any atom is -0.357 e. The van der Waals surface area contributed by atoms with Crippen LogP contribution in [0.5, 0.6) is 0 Å². The van der Waals surface area contributed by atoms with Gasteiger partial charge in [0.1, 0.15) is 0 Å². The first kappa shape index (κ1) is 18.3. The van der Waals surface area contributed by atoms with Gasteiger partial charge in [-0.25, -0.2) is 4.98 Å². The van der Waals surface area contributed by atoms with Crippen molar-refractivity contribution < 1.29 is 0 Å². The standard InChI is InChI=1S/C15H28N4S2/c1-6-12-10-18-13(21-12)8-9-17-14(16-7-2)19-11-15(3,4)20-5/h10H,6-9,11H2,1-5H3,(H2,16,17,19). The molecule has 120 valence electrons. The van der Waals surface area contributed by atoms with Gasteiger partial charge in [0.25, 0.3) is 0 Å². The molecule has 0 spiro atoms. The van der Waals surface area contributed by atoms with Crippen LogP contribution in [0.25, 0.3) is 0 Å². The molecule has 0 fully saturated rings. The van der Waals surface area contributed by atoms with E-state index in [1.807, 2.05) is 18.0 Å². The van der Waals surface area contributed by atoms with E-state index in [-0.39, 0.29) is 4.75 Å². The molecule has 4 nitrogen and oxygen atoms in total. The molecule has 0 atom stereocenters. The summed E-state index contributed by atoms with van der Waals surface area (Å²) in [6, 6.07) is 0. The van der Waals surface area contributed by atoms with E-state index in [1.165, 1.54) is 9.88 Å². The third-order valence-electron chi connectivity index (χ3n) is 3.10. The first-order chi connectivity index (χ1) is 10.0. The fourth-order valence-corrected chi connectivity index (χ4v) is 2.65. The summed E-state index contributed by atoms with van der Waals surface area (Å²) >= 11 is 3.65. The van der Waals surface area contributed by atoms with Gasteiger partial charge >= 0.3 is 0 Å². The lowest BCUT2D eigenvalue weighted by molar-refractivity contribution is 0.710. The van der Waals surface area contributed by atoms with Crippen molar-refractivity contribution in [1.82, 2.24) is 15.6 Å². The Morgan fingerprint density at radius 3 is 2.71 bits per heavy atom. The van der Waals surface area contributed by atoms with Gasteiger partial charge in [-0.05, 0) is 33.4 Å². The average molecular weight is 329 g/mol. The number of aliphatic imine (C=N–C) groups is 1. The van der Waals surface area contributed by atoms with Crippen LogP contribution in [0.3, 0.4) is 0 Å². The number of aryl methyl sites for hydroxylation is 1. The van der Waals surface area contributed by atoms with Crippen LogP contribution in [0.1, 0.15) is 37.6 Å². The summed E-state index contributed by atoms with van der Waals surface area (Å²) in [6.07, 6.45) is 6.13. The topological polar surface area (TPSA) is 49.3 Å². The number of guanidine groups is 1. The number of aromatic nitrogens is 1. The van der Waals surface area contributed by atoms with Crippen molar-refractivity contribution in [2.75, 3.05) is 25.9 Å². The molecule has 1 heterocycles. The summed E-state index contributed by atoms with van der Waals surface area (Å²) in [5, 5.41) is 7.88. The number of thioether (sulfide) groups is 1. The number of rotatable bonds is 8. The third-order valence-corrected chi connectivity index (χ3v) is 5.53. The molecule has 0 aliphatic carbocycles. The van der Waals surface area contributed by atoms with E-state index >= 15 is 0 Å². The molecule has 0 radical (unpaired) electrons. The van der Waals surface area contributed by atoms with Crippen molar-refractivity contribution in [3.05, 3.63) is 16.1 Å². The Morgan fingerprint density at radius 2 is 2.14 bits per heavy atom. The predicted octanol–water partition coefficient (Wildman–Crippen LogP) is 2.94. The van der Waals surface area contributed by atoms with Gasteiger partial charge in [0.05, 0.1) is 11.6 Å². The average Bonchev–Trinajstić information content (AvgIpc) is 2.93. The van der Waals surface area contributed by atoms with Crippen molar-refractivity contribution >= 4 is 29.1 Å². The Hall–Kier alpha value is -0.750. The molecule has 21 heavy (non-hydrogen) atoms. The third kappa shape index (κ3) is 7.18. The fourth-order valence-electron chi connectivity index (χ4n) is 1.59. The highest BCUT2D eigenvalue weighted by Crippen LogP contribution is 2.20. The summed E-state index contributed by atoms with van der Waals surface area (Å²) < 4.78 is 0.174. The van der Waals surface area contributed by atoms with Crippen LogP contribution < -0.4 is 10.6 Å². The molecule has 1 rings (SSSR count). The van der Waals surface area contributed by atoms with Gasteiger partial charge in [0, 0.05) is 35.3 Å². The molecule has 2 N–H and O–H groups in total. The predicted molar refractivity (Wildman–Crippen MR) is 96.8 cm³/mol. The maximum atomic E-state index is 4.67. The van der Waals surface area contributed by atoms with Gasteiger partial charge < -0.3 is 10.6 Å². The maximum Gasteiger partial charge on any atom is 0.191 e. The lowest BCUT2D eigenvalue weighted by Crippen LogP contribution is -2.39. The molecule has 1 aromatic rings. The summed E-state index contributed by atoms with van der Waals surface area (Å²) in [5.74, 6) is 0.895. The number of hydrogen-bond acceptors (Lipinski definition) is 4. The second kappa shape index (κ2) is 9.30. The number of thiazole rings is 1. The van der Waals surface area contributed by atoms with Crippen LogP contribution in [0.4, 0.5) is 0 Å². The smallest absolute Gasteiger partial charge is 0.191 e. The van der Waals surface area contributed by atoms with Gasteiger partial charge in [-0.3, -0.25) is 4.99 Å². The maximum absolute atomic E-state index is 4.67. The molecule has 0 aliphatic heterocycles. The molecule has 0 saturated heterocycles. The van der Waals surface area contributed by atoms with Crippen molar-refractivity contribution in [3.63, 3.8) is 0 Å². The molecule has 0 aromatic carbocycles. The first-order valence-corrected chi connectivity index (χ1v) is 9.55. The second-order valence-electron chi connectivity index (χ2n) is 5.41. The first-order valence-electron chi connectivity index (χ1n) is 7.51. The lowest BCUT2D eigenvalue weighted by atomic mass is 10.2. The van der Waals surface area contributed by atoms with Gasteiger partial charge in [-0.2, -0.15) is 11.8 Å². The van der Waals surface area contributed by atoms with E-state index in [4.69, 9.17) is 0 Å². The Kier molecular flexibility index (Phi) is 8.11. The van der Waals surface area contributed by atoms with E-state index in [0.29, 0.717) is 0 Å². The zero-order chi connectivity index (χ0) is 15.7. The van der Waals surface area contributed by atoms with Crippen LogP contribution in [0, 0.1) is 0 Å². The number of hydrogen-bond donors (Lipinski definition) is 2. The Morgan fingerprint density at radius 1 is 1.38 bits per heavy atom. The second-order valence-corrected chi connectivity index (χ2v) is 8.12. The molecule has 0 amide bonds. The van der Waals surface area contributed by atoms with E-state index in [1.54, 1.807) is 11.3 Å². The molecular formula is C15H28N4S2. The number of nitrogens with zero attached hydrogens (tertiary/aromatic N) is 2. The van der Waals surface area contributed by atoms with Crippen molar-refractivity contribution in [1.29, 1.82) is 0 Å². The highest BCUT2D eigenvalue weighted by Gasteiger charge is 2.15. The normalized spacial score (nSPS) is 12.5. The summed E-state index contributed by atoms with van der Waals surface area (Å²) in [6.45, 7) is 11.2. The summed E-state index contributed by atoms with van der Waals surface area (Å²) in [7, 11) is 0. The van der Waals surface area contributed by atoms with Crippen molar-refractivity contribution in [2.24, 2.45) is 4.99 Å². The van der Waals surface area contributed by atoms with Crippen molar-refractivity contribution in [3.8, 4) is 0 Å². The van der Waals surface area contributed by atoms with Crippen LogP contribution in [-0.2, 0) is 12.8 Å². The molecule has 0 bridgehead atoms. The van der Waals surface area contributed by atoms with Crippen LogP contribution in [-0.4, -0.2) is 41.6 Å². The quantitative estimate of drug-likeness (QED) is 0.569. The summed E-state index contributed by atoms with van der Waals surface area (Å²) in [4.78, 5) is 10.5. The van der Waals surface area contributed by atoms with Crippen molar-refractivity contribution in [2.45, 2.75) is 45.3 Å². The Bertz CT molecular complexity index is 441. The van der Waals surface area contributed by atoms with E-state index in [0.717, 1.165) is 38.4 Å². The highest BCUT2D eigenvalue weighted by molar-refractivity contribution is 7.99. The zero-order valence-corrected chi connectivity index (χ0v) is 15.5. The highest BCUT2D eigenvalue weighted by atomic mass is 32.2. The minimum atomic E-state index is 0.174. The molecule has 0 unspecified atom stereocenters. The van der Waals surface area contributed by atoms with E-state index < -0.39 is 0 Å². The SMILES string of the molecule is CCNC(=NCC(C)(C)SC)NCCc1ncc(CC)s1. The Labute approximate surface area is 137 Å². The lowest BCUT2D eigenvalue weighted by Gasteiger charge is -2.20. The largest absolute Gasteiger partial charge is 0.357 e. The minimum absolute atomic E-state index is 0.174. The molecule has 0 saturated carbocycles. The fraction of sp³-hybridized carbons (Fsp3) is 0.733. The molecule has 0 aliphatic rings. The zero-order valence-electron chi connectivity index (χ0n) is 13.8. The van der Waals surface area contributed by atoms with Gasteiger partial charge in [0.15, 0.2) is 5.96 Å². The van der Waals surface area contributed by atoms with Gasteiger partial charge in [0.2, 0.25) is 0 Å². The van der Waals surface area contributed by atoms with Crippen LogP contribution in [0.15, 0.2) is 11.2 Å². The molecule has 6 heteroatoms. The molecule has 1 aromatic heterocycles.